The summed E-state index contributed by atoms with van der Waals surface area (Å²) in [4.78, 5) is 15.0. The predicted octanol–water partition coefficient (Wildman–Crippen LogP) is 6.08. The highest BCUT2D eigenvalue weighted by Gasteiger charge is 2.48. The van der Waals surface area contributed by atoms with Crippen molar-refractivity contribution in [2.24, 2.45) is 5.92 Å². The first kappa shape index (κ1) is 19.5. The monoisotopic (exact) mass is 405 g/mol. The molecule has 29 heavy (non-hydrogen) atoms. The van der Waals surface area contributed by atoms with Gasteiger partial charge in [-0.05, 0) is 66.8 Å². The van der Waals surface area contributed by atoms with E-state index in [1.165, 1.54) is 5.56 Å². The van der Waals surface area contributed by atoms with Crippen molar-refractivity contribution in [1.29, 1.82) is 0 Å². The first-order chi connectivity index (χ1) is 14.2. The van der Waals surface area contributed by atoms with Crippen LogP contribution in [0.4, 0.5) is 5.69 Å². The maximum atomic E-state index is 13.1. The molecule has 0 aliphatic carbocycles. The van der Waals surface area contributed by atoms with E-state index in [-0.39, 0.29) is 17.9 Å². The number of hydrogen-bond donors (Lipinski definition) is 0. The first-order valence-electron chi connectivity index (χ1n) is 9.94. The fraction of sp³-hybridized carbons (Fsp3) is 0.240. The van der Waals surface area contributed by atoms with Gasteiger partial charge in [0.25, 0.3) is 0 Å². The van der Waals surface area contributed by atoms with Gasteiger partial charge < -0.3 is 9.64 Å². The molecule has 0 aromatic heterocycles. The van der Waals surface area contributed by atoms with Crippen LogP contribution in [0.1, 0.15) is 30.0 Å². The Morgan fingerprint density at radius 1 is 0.931 bits per heavy atom. The molecular weight excluding hydrogens is 382 g/mol. The summed E-state index contributed by atoms with van der Waals surface area (Å²) < 4.78 is 5.29. The van der Waals surface area contributed by atoms with Crippen molar-refractivity contribution < 1.29 is 9.53 Å². The lowest BCUT2D eigenvalue weighted by atomic mass is 9.78. The molecule has 0 spiro atoms. The highest BCUT2D eigenvalue weighted by molar-refractivity contribution is 6.30. The summed E-state index contributed by atoms with van der Waals surface area (Å²) in [7, 11) is 1.66. The number of carbonyl (C=O) groups is 1. The molecule has 3 aromatic rings. The summed E-state index contributed by atoms with van der Waals surface area (Å²) in [5, 5.41) is 0.669. The number of halogens is 1. The molecule has 4 heteroatoms. The van der Waals surface area contributed by atoms with Crippen molar-refractivity contribution in [3.05, 3.63) is 95.0 Å². The van der Waals surface area contributed by atoms with Crippen LogP contribution < -0.4 is 9.64 Å². The summed E-state index contributed by atoms with van der Waals surface area (Å²) in [6, 6.07) is 26.0. The Bertz CT molecular complexity index is 954. The SMILES string of the molecule is COc1ccc([C@@H]2[C@@H](CCCc3ccccc3)C(=O)N2c2ccc(Cl)cc2)cc1. The van der Waals surface area contributed by atoms with Gasteiger partial charge in [-0.15, -0.1) is 0 Å². The van der Waals surface area contributed by atoms with Gasteiger partial charge in [-0.1, -0.05) is 54.1 Å². The second-order valence-electron chi connectivity index (χ2n) is 7.39. The van der Waals surface area contributed by atoms with Crippen molar-refractivity contribution in [2.45, 2.75) is 25.3 Å². The Hall–Kier alpha value is -2.78. The number of aryl methyl sites for hydroxylation is 1. The number of hydrogen-bond acceptors (Lipinski definition) is 2. The third-order valence-corrected chi connectivity index (χ3v) is 5.85. The number of rotatable bonds is 7. The van der Waals surface area contributed by atoms with Gasteiger partial charge in [0.1, 0.15) is 5.75 Å². The van der Waals surface area contributed by atoms with Crippen LogP contribution in [0.15, 0.2) is 78.9 Å². The second-order valence-corrected chi connectivity index (χ2v) is 7.82. The van der Waals surface area contributed by atoms with Crippen LogP contribution in [-0.4, -0.2) is 13.0 Å². The average Bonchev–Trinajstić information content (AvgIpc) is 2.77. The van der Waals surface area contributed by atoms with Crippen molar-refractivity contribution >= 4 is 23.2 Å². The van der Waals surface area contributed by atoms with Crippen molar-refractivity contribution in [3.8, 4) is 5.75 Å². The standard InChI is InChI=1S/C25H24ClNO2/c1-29-22-16-10-19(11-17-22)24-23(9-5-8-18-6-3-2-4-7-18)25(28)27(24)21-14-12-20(26)13-15-21/h2-4,6-7,10-17,23-24H,5,8-9H2,1H3/t23-,24-/m1/s1. The van der Waals surface area contributed by atoms with E-state index in [2.05, 4.69) is 36.4 Å². The number of β-lactam (4-membered cyclic amide) rings is 1. The zero-order chi connectivity index (χ0) is 20.2. The van der Waals surface area contributed by atoms with Crippen molar-refractivity contribution in [3.63, 3.8) is 0 Å². The van der Waals surface area contributed by atoms with Crippen LogP contribution >= 0.6 is 11.6 Å². The van der Waals surface area contributed by atoms with Gasteiger partial charge in [-0.2, -0.15) is 0 Å². The van der Waals surface area contributed by atoms with Crippen LogP contribution in [0.3, 0.4) is 0 Å². The van der Waals surface area contributed by atoms with Gasteiger partial charge in [0.2, 0.25) is 5.91 Å². The molecule has 2 atom stereocenters. The van der Waals surface area contributed by atoms with E-state index < -0.39 is 0 Å². The normalized spacial score (nSPS) is 18.4. The number of carbonyl (C=O) groups excluding carboxylic acids is 1. The highest BCUT2D eigenvalue weighted by atomic mass is 35.5. The second kappa shape index (κ2) is 8.71. The van der Waals surface area contributed by atoms with E-state index in [1.54, 1.807) is 7.11 Å². The quantitative estimate of drug-likeness (QED) is 0.446. The summed E-state index contributed by atoms with van der Waals surface area (Å²) in [6.07, 6.45) is 2.84. The van der Waals surface area contributed by atoms with E-state index in [0.29, 0.717) is 5.02 Å². The number of methoxy groups -OCH3 is 1. The topological polar surface area (TPSA) is 29.5 Å². The Morgan fingerprint density at radius 3 is 2.28 bits per heavy atom. The minimum absolute atomic E-state index is 0.0113. The maximum absolute atomic E-state index is 13.1. The molecule has 148 valence electrons. The third-order valence-electron chi connectivity index (χ3n) is 5.60. The van der Waals surface area contributed by atoms with Crippen molar-refractivity contribution in [1.82, 2.24) is 0 Å². The molecule has 3 nitrogen and oxygen atoms in total. The summed E-state index contributed by atoms with van der Waals surface area (Å²) in [5.74, 6) is 0.988. The molecule has 4 rings (SSSR count). The average molecular weight is 406 g/mol. The van der Waals surface area contributed by atoms with Gasteiger partial charge in [0.15, 0.2) is 0 Å². The Labute approximate surface area is 176 Å². The van der Waals surface area contributed by atoms with E-state index >= 15 is 0 Å². The highest BCUT2D eigenvalue weighted by Crippen LogP contribution is 2.46. The predicted molar refractivity (Wildman–Crippen MR) is 118 cm³/mol. The van der Waals surface area contributed by atoms with E-state index in [1.807, 2.05) is 47.4 Å². The van der Waals surface area contributed by atoms with Crippen LogP contribution in [0, 0.1) is 5.92 Å². The first-order valence-corrected chi connectivity index (χ1v) is 10.3. The molecule has 0 saturated carbocycles. The number of ether oxygens (including phenoxy) is 1. The van der Waals surface area contributed by atoms with Crippen molar-refractivity contribution in [2.75, 3.05) is 12.0 Å². The van der Waals surface area contributed by atoms with Crippen LogP contribution in [0.2, 0.25) is 5.02 Å². The zero-order valence-corrected chi connectivity index (χ0v) is 17.2. The lowest BCUT2D eigenvalue weighted by molar-refractivity contribution is -0.130. The van der Waals surface area contributed by atoms with Gasteiger partial charge >= 0.3 is 0 Å². The smallest absolute Gasteiger partial charge is 0.233 e. The summed E-state index contributed by atoms with van der Waals surface area (Å²) >= 11 is 6.04. The van der Waals surface area contributed by atoms with Gasteiger partial charge in [0.05, 0.1) is 19.1 Å². The molecule has 3 aromatic carbocycles. The minimum Gasteiger partial charge on any atom is -0.497 e. The Morgan fingerprint density at radius 2 is 1.62 bits per heavy atom. The summed E-state index contributed by atoms with van der Waals surface area (Å²) in [5.41, 5.74) is 3.33. The molecule has 0 radical (unpaired) electrons. The molecule has 1 heterocycles. The van der Waals surface area contributed by atoms with Gasteiger partial charge in [-0.25, -0.2) is 0 Å². The minimum atomic E-state index is -0.0113. The van der Waals surface area contributed by atoms with E-state index in [9.17, 15) is 4.79 Å². The molecule has 0 N–H and O–H groups in total. The molecule has 1 fully saturated rings. The lowest BCUT2D eigenvalue weighted by Gasteiger charge is -2.47. The van der Waals surface area contributed by atoms with Gasteiger partial charge in [-0.3, -0.25) is 4.79 Å². The molecule has 1 amide bonds. The number of nitrogens with zero attached hydrogens (tertiary/aromatic N) is 1. The Balaban J connectivity index is 1.54. The fourth-order valence-electron chi connectivity index (χ4n) is 4.07. The molecule has 0 bridgehead atoms. The fourth-order valence-corrected chi connectivity index (χ4v) is 4.20. The van der Waals surface area contributed by atoms with Crippen LogP contribution in [0.5, 0.6) is 5.75 Å². The Kier molecular flexibility index (Phi) is 5.86. The molecule has 1 aliphatic heterocycles. The van der Waals surface area contributed by atoms with Gasteiger partial charge in [0, 0.05) is 10.7 Å². The van der Waals surface area contributed by atoms with Crippen LogP contribution in [-0.2, 0) is 11.2 Å². The molecular formula is C25H24ClNO2. The molecule has 0 unspecified atom stereocenters. The lowest BCUT2D eigenvalue weighted by Crippen LogP contribution is -2.55. The van der Waals surface area contributed by atoms with E-state index in [0.717, 1.165) is 36.3 Å². The number of anilines is 1. The largest absolute Gasteiger partial charge is 0.497 e. The van der Waals surface area contributed by atoms with Crippen LogP contribution in [0.25, 0.3) is 0 Å². The maximum Gasteiger partial charge on any atom is 0.233 e. The summed E-state index contributed by atoms with van der Waals surface area (Å²) in [6.45, 7) is 0. The van der Waals surface area contributed by atoms with E-state index in [4.69, 9.17) is 16.3 Å². The molecule has 1 aliphatic rings. The number of benzene rings is 3. The third kappa shape index (κ3) is 4.15. The molecule has 1 saturated heterocycles. The number of amides is 1. The zero-order valence-electron chi connectivity index (χ0n) is 16.4.